The highest BCUT2D eigenvalue weighted by molar-refractivity contribution is 5.84. The fourth-order valence-electron chi connectivity index (χ4n) is 2.53. The van der Waals surface area contributed by atoms with Gasteiger partial charge in [0.25, 0.3) is 0 Å². The summed E-state index contributed by atoms with van der Waals surface area (Å²) in [6.45, 7) is 5.64. The molecule has 1 aromatic carbocycles. The molecule has 0 aliphatic rings. The van der Waals surface area contributed by atoms with Crippen LogP contribution in [0.1, 0.15) is 32.1 Å². The quantitative estimate of drug-likeness (QED) is 0.873. The Morgan fingerprint density at radius 1 is 1.47 bits per heavy atom. The summed E-state index contributed by atoms with van der Waals surface area (Å²) >= 11 is 0. The number of aromatic nitrogens is 2. The number of hydrogen-bond acceptors (Lipinski definition) is 3. The van der Waals surface area contributed by atoms with Crippen molar-refractivity contribution in [1.82, 2.24) is 9.55 Å². The summed E-state index contributed by atoms with van der Waals surface area (Å²) in [6, 6.07) is 7.98. The topological polar surface area (TPSA) is 86.9 Å². The average Bonchev–Trinajstić information content (AvgIpc) is 2.63. The first-order valence-corrected chi connectivity index (χ1v) is 6.35. The molecule has 0 bridgehead atoms. The fraction of sp³-hybridized carbons (Fsp3) is 0.429. The average molecular weight is 260 g/mol. The number of fused-ring (bicyclic) bond motifs is 1. The third-order valence-corrected chi connectivity index (χ3v) is 3.50. The van der Waals surface area contributed by atoms with Gasteiger partial charge in [0.15, 0.2) is 0 Å². The molecule has 102 valence electrons. The molecule has 0 aliphatic heterocycles. The summed E-state index contributed by atoms with van der Waals surface area (Å²) in [5.41, 5.74) is 12.3. The highest BCUT2D eigenvalue weighted by Crippen LogP contribution is 2.25. The number of nitrogens with two attached hydrogens (primary N) is 2. The lowest BCUT2D eigenvalue weighted by molar-refractivity contribution is -0.123. The predicted octanol–water partition coefficient (Wildman–Crippen LogP) is 1.50. The van der Waals surface area contributed by atoms with Crippen molar-refractivity contribution in [2.45, 2.75) is 38.8 Å². The van der Waals surface area contributed by atoms with E-state index in [0.717, 1.165) is 16.9 Å². The fourth-order valence-corrected chi connectivity index (χ4v) is 2.53. The zero-order valence-corrected chi connectivity index (χ0v) is 11.6. The molecule has 19 heavy (non-hydrogen) atoms. The molecule has 2 aromatic rings. The lowest BCUT2D eigenvalue weighted by Crippen LogP contribution is -2.50. The van der Waals surface area contributed by atoms with Crippen LogP contribution in [0.5, 0.6) is 0 Å². The zero-order valence-electron chi connectivity index (χ0n) is 11.6. The second-order valence-electron chi connectivity index (χ2n) is 5.35. The number of nitrogens with zero attached hydrogens (tertiary/aromatic N) is 2. The normalized spacial score (nSPS) is 16.2. The van der Waals surface area contributed by atoms with E-state index in [1.165, 1.54) is 0 Å². The number of imidazole rings is 1. The Bertz CT molecular complexity index is 615. The van der Waals surface area contributed by atoms with Crippen LogP contribution in [0, 0.1) is 6.92 Å². The van der Waals surface area contributed by atoms with Gasteiger partial charge in [-0.05, 0) is 39.3 Å². The maximum Gasteiger partial charge on any atom is 0.237 e. The van der Waals surface area contributed by atoms with Crippen molar-refractivity contribution in [2.75, 3.05) is 0 Å². The van der Waals surface area contributed by atoms with Crippen LogP contribution in [-0.4, -0.2) is 21.0 Å². The number of carbonyl (C=O) groups is 1. The molecule has 0 saturated heterocycles. The highest BCUT2D eigenvalue weighted by Gasteiger charge is 2.29. The van der Waals surface area contributed by atoms with Gasteiger partial charge in [-0.2, -0.15) is 0 Å². The number of primary amides is 1. The van der Waals surface area contributed by atoms with E-state index in [-0.39, 0.29) is 6.04 Å². The van der Waals surface area contributed by atoms with Gasteiger partial charge in [0, 0.05) is 6.04 Å². The van der Waals surface area contributed by atoms with Gasteiger partial charge in [-0.15, -0.1) is 0 Å². The number of para-hydroxylation sites is 2. The molecule has 0 spiro atoms. The first kappa shape index (κ1) is 13.5. The molecule has 2 unspecified atom stereocenters. The Hall–Kier alpha value is -1.88. The van der Waals surface area contributed by atoms with Gasteiger partial charge in [0.1, 0.15) is 5.82 Å². The van der Waals surface area contributed by atoms with E-state index in [1.54, 1.807) is 6.92 Å². The van der Waals surface area contributed by atoms with E-state index < -0.39 is 11.4 Å². The zero-order chi connectivity index (χ0) is 14.2. The van der Waals surface area contributed by atoms with Crippen LogP contribution in [0.2, 0.25) is 0 Å². The summed E-state index contributed by atoms with van der Waals surface area (Å²) in [5.74, 6) is 0.426. The van der Waals surface area contributed by atoms with Gasteiger partial charge in [-0.25, -0.2) is 4.98 Å². The molecular formula is C14H20N4O. The molecule has 0 radical (unpaired) electrons. The second kappa shape index (κ2) is 4.66. The number of amides is 1. The van der Waals surface area contributed by atoms with Crippen molar-refractivity contribution in [3.8, 4) is 0 Å². The molecule has 0 saturated carbocycles. The Labute approximate surface area is 112 Å². The number of rotatable bonds is 4. The highest BCUT2D eigenvalue weighted by atomic mass is 16.1. The van der Waals surface area contributed by atoms with Gasteiger partial charge < -0.3 is 16.0 Å². The number of benzene rings is 1. The van der Waals surface area contributed by atoms with Crippen LogP contribution in [-0.2, 0) is 4.79 Å². The summed E-state index contributed by atoms with van der Waals surface area (Å²) in [7, 11) is 0. The van der Waals surface area contributed by atoms with Crippen molar-refractivity contribution >= 4 is 16.9 Å². The van der Waals surface area contributed by atoms with E-state index >= 15 is 0 Å². The van der Waals surface area contributed by atoms with Crippen LogP contribution in [0.3, 0.4) is 0 Å². The molecule has 0 aliphatic carbocycles. The van der Waals surface area contributed by atoms with Gasteiger partial charge in [0.05, 0.1) is 16.6 Å². The Kier molecular flexibility index (Phi) is 3.32. The summed E-state index contributed by atoms with van der Waals surface area (Å²) in [6.07, 6.45) is 0.476. The molecule has 1 heterocycles. The van der Waals surface area contributed by atoms with Crippen molar-refractivity contribution in [3.63, 3.8) is 0 Å². The smallest absolute Gasteiger partial charge is 0.237 e. The molecule has 2 rings (SSSR count). The largest absolute Gasteiger partial charge is 0.368 e. The van der Waals surface area contributed by atoms with E-state index in [1.807, 2.05) is 38.1 Å². The number of carbonyl (C=O) groups excluding carboxylic acids is 1. The summed E-state index contributed by atoms with van der Waals surface area (Å²) in [4.78, 5) is 15.9. The van der Waals surface area contributed by atoms with Crippen LogP contribution in [0.25, 0.3) is 11.0 Å². The maximum atomic E-state index is 11.3. The van der Waals surface area contributed by atoms with E-state index in [9.17, 15) is 4.79 Å². The lowest BCUT2D eigenvalue weighted by atomic mass is 9.94. The van der Waals surface area contributed by atoms with Crippen LogP contribution in [0.4, 0.5) is 0 Å². The van der Waals surface area contributed by atoms with E-state index in [4.69, 9.17) is 11.5 Å². The molecule has 5 heteroatoms. The van der Waals surface area contributed by atoms with Gasteiger partial charge in [-0.3, -0.25) is 4.79 Å². The Balaban J connectivity index is 2.39. The Morgan fingerprint density at radius 3 is 2.74 bits per heavy atom. The van der Waals surface area contributed by atoms with E-state index in [2.05, 4.69) is 9.55 Å². The summed E-state index contributed by atoms with van der Waals surface area (Å²) < 4.78 is 2.10. The first-order valence-electron chi connectivity index (χ1n) is 6.35. The third-order valence-electron chi connectivity index (χ3n) is 3.50. The standard InChI is InChI=1S/C14H20N4O/c1-9(8-14(3,16)13(15)19)18-10(2)17-11-6-4-5-7-12(11)18/h4-7,9H,8,16H2,1-3H3,(H2,15,19). The Morgan fingerprint density at radius 2 is 2.11 bits per heavy atom. The minimum atomic E-state index is -1.02. The maximum absolute atomic E-state index is 11.3. The predicted molar refractivity (Wildman–Crippen MR) is 75.6 cm³/mol. The van der Waals surface area contributed by atoms with Crippen molar-refractivity contribution in [1.29, 1.82) is 0 Å². The second-order valence-corrected chi connectivity index (χ2v) is 5.35. The number of aryl methyl sites for hydroxylation is 1. The lowest BCUT2D eigenvalue weighted by Gasteiger charge is -2.26. The first-order chi connectivity index (χ1) is 8.83. The van der Waals surface area contributed by atoms with E-state index in [0.29, 0.717) is 6.42 Å². The van der Waals surface area contributed by atoms with Crippen molar-refractivity contribution in [2.24, 2.45) is 11.5 Å². The molecule has 4 N–H and O–H groups in total. The summed E-state index contributed by atoms with van der Waals surface area (Å²) in [5, 5.41) is 0. The molecule has 0 fully saturated rings. The SMILES string of the molecule is Cc1nc2ccccc2n1C(C)CC(C)(N)C(N)=O. The molecule has 5 nitrogen and oxygen atoms in total. The minimum Gasteiger partial charge on any atom is -0.368 e. The van der Waals surface area contributed by atoms with Gasteiger partial charge in [0.2, 0.25) is 5.91 Å². The molecular weight excluding hydrogens is 240 g/mol. The molecule has 1 amide bonds. The molecule has 2 atom stereocenters. The van der Waals surface area contributed by atoms with Crippen molar-refractivity contribution < 1.29 is 4.79 Å². The van der Waals surface area contributed by atoms with Crippen LogP contribution >= 0.6 is 0 Å². The minimum absolute atomic E-state index is 0.0508. The number of hydrogen-bond donors (Lipinski definition) is 2. The third kappa shape index (κ3) is 2.46. The molecule has 1 aromatic heterocycles. The van der Waals surface area contributed by atoms with Gasteiger partial charge in [-0.1, -0.05) is 12.1 Å². The monoisotopic (exact) mass is 260 g/mol. The van der Waals surface area contributed by atoms with Crippen LogP contribution in [0.15, 0.2) is 24.3 Å². The van der Waals surface area contributed by atoms with Crippen LogP contribution < -0.4 is 11.5 Å². The van der Waals surface area contributed by atoms with Crippen molar-refractivity contribution in [3.05, 3.63) is 30.1 Å². The van der Waals surface area contributed by atoms with Gasteiger partial charge >= 0.3 is 0 Å².